The van der Waals surface area contributed by atoms with E-state index in [4.69, 9.17) is 0 Å². The summed E-state index contributed by atoms with van der Waals surface area (Å²) in [6, 6.07) is 16.6. The Morgan fingerprint density at radius 3 is 2.55 bits per heavy atom. The number of aliphatic hydroxyl groups is 1. The number of tetrazole rings is 1. The maximum absolute atomic E-state index is 12.8. The molecule has 1 saturated heterocycles. The minimum absolute atomic E-state index is 0.216. The van der Waals surface area contributed by atoms with Gasteiger partial charge in [0.15, 0.2) is 0 Å². The van der Waals surface area contributed by atoms with E-state index in [9.17, 15) is 9.90 Å². The molecule has 8 nitrogen and oxygen atoms in total. The second-order valence-electron chi connectivity index (χ2n) is 7.20. The Morgan fingerprint density at radius 1 is 1.10 bits per heavy atom. The van der Waals surface area contributed by atoms with Gasteiger partial charge in [-0.3, -0.25) is 4.79 Å². The molecule has 4 rings (SSSR count). The number of nitrogens with one attached hydrogen (secondary N) is 1. The number of para-hydroxylation sites is 2. The molecule has 29 heavy (non-hydrogen) atoms. The van der Waals surface area contributed by atoms with E-state index in [2.05, 4.69) is 25.6 Å². The van der Waals surface area contributed by atoms with Crippen molar-refractivity contribution < 1.29 is 9.90 Å². The van der Waals surface area contributed by atoms with E-state index in [0.29, 0.717) is 5.82 Å². The van der Waals surface area contributed by atoms with Crippen LogP contribution in [-0.2, 0) is 4.79 Å². The van der Waals surface area contributed by atoms with Gasteiger partial charge in [0, 0.05) is 18.7 Å². The third-order valence-corrected chi connectivity index (χ3v) is 5.15. The van der Waals surface area contributed by atoms with Gasteiger partial charge in [-0.2, -0.15) is 4.80 Å². The topological polar surface area (TPSA) is 96.2 Å². The van der Waals surface area contributed by atoms with Crippen LogP contribution in [-0.4, -0.2) is 50.4 Å². The van der Waals surface area contributed by atoms with E-state index >= 15 is 0 Å². The standard InChI is InChI=1S/C21H24N6O2/c1-15(27-24-20(23-25-27)16-7-3-2-4-8-16)21(29)22-18-9-5-6-10-19(18)26-13-11-17(28)12-14-26/h2-10,15,17,28H,11-14H2,1H3,(H,22,29). The van der Waals surface area contributed by atoms with E-state index < -0.39 is 6.04 Å². The van der Waals surface area contributed by atoms with Crippen LogP contribution in [0.15, 0.2) is 54.6 Å². The quantitative estimate of drug-likeness (QED) is 0.693. The first-order valence-corrected chi connectivity index (χ1v) is 9.79. The Bertz CT molecular complexity index is 966. The first kappa shape index (κ1) is 19.1. The molecule has 0 radical (unpaired) electrons. The first-order valence-electron chi connectivity index (χ1n) is 9.79. The molecule has 0 spiro atoms. The Morgan fingerprint density at radius 2 is 1.79 bits per heavy atom. The van der Waals surface area contributed by atoms with Crippen molar-refractivity contribution in [3.63, 3.8) is 0 Å². The van der Waals surface area contributed by atoms with Gasteiger partial charge in [0.05, 0.1) is 17.5 Å². The zero-order valence-electron chi connectivity index (χ0n) is 16.3. The summed E-state index contributed by atoms with van der Waals surface area (Å²) in [6.07, 6.45) is 1.21. The smallest absolute Gasteiger partial charge is 0.250 e. The van der Waals surface area contributed by atoms with Gasteiger partial charge >= 0.3 is 0 Å². The number of carbonyl (C=O) groups excluding carboxylic acids is 1. The molecule has 0 bridgehead atoms. The maximum atomic E-state index is 12.8. The lowest BCUT2D eigenvalue weighted by Crippen LogP contribution is -2.36. The van der Waals surface area contributed by atoms with Crippen LogP contribution < -0.4 is 10.2 Å². The molecule has 0 saturated carbocycles. The summed E-state index contributed by atoms with van der Waals surface area (Å²) in [5.74, 6) is 0.268. The van der Waals surface area contributed by atoms with Gasteiger partial charge in [0.2, 0.25) is 5.82 Å². The largest absolute Gasteiger partial charge is 0.393 e. The highest BCUT2D eigenvalue weighted by molar-refractivity contribution is 5.96. The normalized spacial score (nSPS) is 15.9. The van der Waals surface area contributed by atoms with Crippen molar-refractivity contribution in [2.45, 2.75) is 31.9 Å². The summed E-state index contributed by atoms with van der Waals surface area (Å²) in [7, 11) is 0. The fourth-order valence-corrected chi connectivity index (χ4v) is 3.40. The predicted molar refractivity (Wildman–Crippen MR) is 110 cm³/mol. The van der Waals surface area contributed by atoms with Crippen LogP contribution in [0, 0.1) is 0 Å². The Kier molecular flexibility index (Phi) is 5.53. The van der Waals surface area contributed by atoms with Crippen LogP contribution in [0.25, 0.3) is 11.4 Å². The molecule has 2 aromatic carbocycles. The molecule has 1 unspecified atom stereocenters. The lowest BCUT2D eigenvalue weighted by molar-refractivity contribution is -0.119. The van der Waals surface area contributed by atoms with E-state index in [-0.39, 0.29) is 12.0 Å². The van der Waals surface area contributed by atoms with Crippen LogP contribution in [0.5, 0.6) is 0 Å². The van der Waals surface area contributed by atoms with Gasteiger partial charge in [-0.05, 0) is 37.1 Å². The number of carbonyl (C=O) groups is 1. The number of aromatic nitrogens is 4. The van der Waals surface area contributed by atoms with E-state index in [1.54, 1.807) is 6.92 Å². The van der Waals surface area contributed by atoms with Crippen molar-refractivity contribution in [3.8, 4) is 11.4 Å². The lowest BCUT2D eigenvalue weighted by Gasteiger charge is -2.32. The van der Waals surface area contributed by atoms with Crippen LogP contribution in [0.1, 0.15) is 25.8 Å². The third-order valence-electron chi connectivity index (χ3n) is 5.15. The van der Waals surface area contributed by atoms with Crippen LogP contribution in [0.2, 0.25) is 0 Å². The summed E-state index contributed by atoms with van der Waals surface area (Å²) in [5.41, 5.74) is 2.55. The van der Waals surface area contributed by atoms with Crippen LogP contribution in [0.4, 0.5) is 11.4 Å². The van der Waals surface area contributed by atoms with Gasteiger partial charge < -0.3 is 15.3 Å². The lowest BCUT2D eigenvalue weighted by atomic mass is 10.1. The molecule has 8 heteroatoms. The minimum Gasteiger partial charge on any atom is -0.393 e. The average Bonchev–Trinajstić information content (AvgIpc) is 3.25. The SMILES string of the molecule is CC(C(=O)Nc1ccccc1N1CCC(O)CC1)n1nnc(-c2ccccc2)n1. The van der Waals surface area contributed by atoms with Crippen molar-refractivity contribution in [2.75, 3.05) is 23.3 Å². The maximum Gasteiger partial charge on any atom is 0.250 e. The number of aliphatic hydroxyl groups excluding tert-OH is 1. The zero-order chi connectivity index (χ0) is 20.2. The fourth-order valence-electron chi connectivity index (χ4n) is 3.40. The predicted octanol–water partition coefficient (Wildman–Crippen LogP) is 2.50. The second kappa shape index (κ2) is 8.40. The average molecular weight is 392 g/mol. The van der Waals surface area contributed by atoms with Gasteiger partial charge in [0.25, 0.3) is 5.91 Å². The Balaban J connectivity index is 1.48. The molecule has 1 aliphatic rings. The number of piperidine rings is 1. The van der Waals surface area contributed by atoms with E-state index in [1.165, 1.54) is 4.80 Å². The highest BCUT2D eigenvalue weighted by atomic mass is 16.3. The Labute approximate surface area is 169 Å². The number of amides is 1. The first-order chi connectivity index (χ1) is 14.1. The number of anilines is 2. The monoisotopic (exact) mass is 392 g/mol. The molecule has 1 aliphatic heterocycles. The molecule has 2 heterocycles. The minimum atomic E-state index is -0.615. The molecule has 3 aromatic rings. The number of hydrogen-bond donors (Lipinski definition) is 2. The molecular weight excluding hydrogens is 368 g/mol. The molecule has 150 valence electrons. The van der Waals surface area contributed by atoms with Gasteiger partial charge in [-0.15, -0.1) is 10.2 Å². The molecule has 1 amide bonds. The van der Waals surface area contributed by atoms with Crippen molar-refractivity contribution in [3.05, 3.63) is 54.6 Å². The Hall–Kier alpha value is -3.26. The molecular formula is C21H24N6O2. The highest BCUT2D eigenvalue weighted by Crippen LogP contribution is 2.29. The fraction of sp³-hybridized carbons (Fsp3) is 0.333. The molecule has 2 N–H and O–H groups in total. The molecule has 1 fully saturated rings. The summed E-state index contributed by atoms with van der Waals surface area (Å²) in [6.45, 7) is 3.26. The highest BCUT2D eigenvalue weighted by Gasteiger charge is 2.23. The van der Waals surface area contributed by atoms with Crippen molar-refractivity contribution in [1.82, 2.24) is 20.2 Å². The van der Waals surface area contributed by atoms with Crippen molar-refractivity contribution >= 4 is 17.3 Å². The summed E-state index contributed by atoms with van der Waals surface area (Å²) >= 11 is 0. The number of rotatable bonds is 5. The second-order valence-corrected chi connectivity index (χ2v) is 7.20. The molecule has 1 aromatic heterocycles. The van der Waals surface area contributed by atoms with E-state index in [1.807, 2.05) is 54.6 Å². The van der Waals surface area contributed by atoms with E-state index in [0.717, 1.165) is 42.9 Å². The number of hydrogen-bond acceptors (Lipinski definition) is 6. The van der Waals surface area contributed by atoms with Crippen LogP contribution in [0.3, 0.4) is 0 Å². The van der Waals surface area contributed by atoms with Gasteiger partial charge in [0.1, 0.15) is 6.04 Å². The van der Waals surface area contributed by atoms with Crippen LogP contribution >= 0.6 is 0 Å². The molecule has 0 aliphatic carbocycles. The summed E-state index contributed by atoms with van der Waals surface area (Å²) < 4.78 is 0. The van der Waals surface area contributed by atoms with Gasteiger partial charge in [-0.1, -0.05) is 42.5 Å². The van der Waals surface area contributed by atoms with Crippen molar-refractivity contribution in [1.29, 1.82) is 0 Å². The van der Waals surface area contributed by atoms with Crippen molar-refractivity contribution in [2.24, 2.45) is 0 Å². The summed E-state index contributed by atoms with van der Waals surface area (Å²) in [5, 5.41) is 25.2. The third kappa shape index (κ3) is 4.27. The summed E-state index contributed by atoms with van der Waals surface area (Å²) in [4.78, 5) is 16.4. The zero-order valence-corrected chi connectivity index (χ0v) is 16.3. The number of benzene rings is 2. The molecule has 1 atom stereocenters. The van der Waals surface area contributed by atoms with Gasteiger partial charge in [-0.25, -0.2) is 0 Å². The number of nitrogens with zero attached hydrogens (tertiary/aromatic N) is 5.